The third-order valence-electron chi connectivity index (χ3n) is 2.98. The van der Waals surface area contributed by atoms with Crippen molar-refractivity contribution < 1.29 is 4.74 Å². The third-order valence-corrected chi connectivity index (χ3v) is 2.98. The zero-order valence-corrected chi connectivity index (χ0v) is 9.02. The van der Waals surface area contributed by atoms with E-state index in [1.807, 2.05) is 17.8 Å². The average molecular weight is 210 g/mol. The summed E-state index contributed by atoms with van der Waals surface area (Å²) in [6, 6.07) is 0.0882. The van der Waals surface area contributed by atoms with Gasteiger partial charge in [0.25, 0.3) is 0 Å². The molecule has 1 saturated heterocycles. The summed E-state index contributed by atoms with van der Waals surface area (Å²) in [6.07, 6.45) is 5.97. The summed E-state index contributed by atoms with van der Waals surface area (Å²) in [5.41, 5.74) is 2.85. The number of hydrazine groups is 1. The summed E-state index contributed by atoms with van der Waals surface area (Å²) >= 11 is 0. The van der Waals surface area contributed by atoms with E-state index in [4.69, 9.17) is 10.6 Å². The molecule has 2 atom stereocenters. The van der Waals surface area contributed by atoms with Crippen molar-refractivity contribution in [3.63, 3.8) is 0 Å². The lowest BCUT2D eigenvalue weighted by molar-refractivity contribution is 0.0372. The van der Waals surface area contributed by atoms with E-state index in [1.54, 1.807) is 6.20 Å². The van der Waals surface area contributed by atoms with E-state index in [-0.39, 0.29) is 6.04 Å². The number of aryl methyl sites for hydroxylation is 1. The van der Waals surface area contributed by atoms with Crippen LogP contribution in [-0.2, 0) is 11.8 Å². The lowest BCUT2D eigenvalue weighted by atomic mass is 9.93. The number of hydrogen-bond donors (Lipinski definition) is 2. The molecule has 0 saturated carbocycles. The summed E-state index contributed by atoms with van der Waals surface area (Å²) in [5, 5.41) is 0. The number of hydrogen-bond acceptors (Lipinski definition) is 4. The number of ether oxygens (including phenoxy) is 1. The molecule has 0 amide bonds. The van der Waals surface area contributed by atoms with Crippen molar-refractivity contribution in [1.82, 2.24) is 15.0 Å². The molecule has 15 heavy (non-hydrogen) atoms. The largest absolute Gasteiger partial charge is 0.381 e. The Bertz CT molecular complexity index is 306. The van der Waals surface area contributed by atoms with Gasteiger partial charge in [-0.1, -0.05) is 0 Å². The van der Waals surface area contributed by atoms with Gasteiger partial charge in [-0.2, -0.15) is 0 Å². The molecule has 5 nitrogen and oxygen atoms in total. The van der Waals surface area contributed by atoms with Crippen LogP contribution >= 0.6 is 0 Å². The molecule has 1 aliphatic rings. The first-order valence-electron chi connectivity index (χ1n) is 5.34. The number of nitrogens with one attached hydrogen (secondary N) is 1. The fraction of sp³-hybridized carbons (Fsp3) is 0.700. The first-order chi connectivity index (χ1) is 7.33. The number of imidazole rings is 1. The van der Waals surface area contributed by atoms with Crippen molar-refractivity contribution in [2.24, 2.45) is 18.8 Å². The maximum Gasteiger partial charge on any atom is 0.127 e. The number of aromatic nitrogens is 2. The van der Waals surface area contributed by atoms with Crippen molar-refractivity contribution in [3.05, 3.63) is 18.2 Å². The average Bonchev–Trinajstić information content (AvgIpc) is 2.68. The van der Waals surface area contributed by atoms with Gasteiger partial charge >= 0.3 is 0 Å². The maximum atomic E-state index is 5.60. The van der Waals surface area contributed by atoms with Gasteiger partial charge in [0.05, 0.1) is 12.6 Å². The van der Waals surface area contributed by atoms with Crippen LogP contribution in [-0.4, -0.2) is 22.8 Å². The summed E-state index contributed by atoms with van der Waals surface area (Å²) in [6.45, 7) is 1.64. The second-order valence-corrected chi connectivity index (χ2v) is 4.02. The van der Waals surface area contributed by atoms with Crippen molar-refractivity contribution in [2.75, 3.05) is 13.2 Å². The van der Waals surface area contributed by atoms with E-state index < -0.39 is 0 Å². The van der Waals surface area contributed by atoms with Crippen molar-refractivity contribution in [2.45, 2.75) is 18.9 Å². The zero-order valence-electron chi connectivity index (χ0n) is 9.02. The topological polar surface area (TPSA) is 65.1 Å². The first-order valence-corrected chi connectivity index (χ1v) is 5.34. The van der Waals surface area contributed by atoms with Crippen LogP contribution in [0.15, 0.2) is 12.4 Å². The maximum absolute atomic E-state index is 5.60. The van der Waals surface area contributed by atoms with Crippen LogP contribution in [0, 0.1) is 5.92 Å². The van der Waals surface area contributed by atoms with Crippen LogP contribution in [0.3, 0.4) is 0 Å². The van der Waals surface area contributed by atoms with Gasteiger partial charge < -0.3 is 9.30 Å². The molecule has 3 N–H and O–H groups in total. The molecule has 0 aliphatic carbocycles. The van der Waals surface area contributed by atoms with Gasteiger partial charge in [-0.05, 0) is 12.8 Å². The Labute approximate surface area is 89.6 Å². The molecule has 1 aromatic heterocycles. The predicted molar refractivity (Wildman–Crippen MR) is 56.8 cm³/mol. The highest BCUT2D eigenvalue weighted by Crippen LogP contribution is 2.26. The minimum atomic E-state index is 0.0882. The molecule has 2 rings (SSSR count). The molecule has 0 bridgehead atoms. The van der Waals surface area contributed by atoms with Gasteiger partial charge in [0.2, 0.25) is 0 Å². The second-order valence-electron chi connectivity index (χ2n) is 4.02. The standard InChI is InChI=1S/C10H18N4O/c1-14-5-4-12-10(14)9(13-11)8-3-2-6-15-7-8/h4-5,8-9,13H,2-3,6-7,11H2,1H3. The van der Waals surface area contributed by atoms with Crippen LogP contribution in [0.5, 0.6) is 0 Å². The van der Waals surface area contributed by atoms with Gasteiger partial charge in [-0.25, -0.2) is 10.4 Å². The van der Waals surface area contributed by atoms with E-state index in [2.05, 4.69) is 10.4 Å². The molecule has 1 aromatic rings. The van der Waals surface area contributed by atoms with Gasteiger partial charge in [-0.15, -0.1) is 0 Å². The fourth-order valence-electron chi connectivity index (χ4n) is 2.13. The molecular weight excluding hydrogens is 192 g/mol. The van der Waals surface area contributed by atoms with Crippen LogP contribution in [0.4, 0.5) is 0 Å². The Hall–Kier alpha value is -0.910. The molecule has 2 unspecified atom stereocenters. The van der Waals surface area contributed by atoms with Crippen LogP contribution in [0.1, 0.15) is 24.7 Å². The van der Waals surface area contributed by atoms with Crippen LogP contribution in [0.25, 0.3) is 0 Å². The SMILES string of the molecule is Cn1ccnc1C(NN)C1CCCOC1. The molecule has 0 spiro atoms. The van der Waals surface area contributed by atoms with Crippen molar-refractivity contribution in [3.8, 4) is 0 Å². The van der Waals surface area contributed by atoms with Gasteiger partial charge in [0.1, 0.15) is 5.82 Å². The van der Waals surface area contributed by atoms with E-state index in [0.717, 1.165) is 31.9 Å². The first kappa shape index (κ1) is 10.6. The monoisotopic (exact) mass is 210 g/mol. The summed E-state index contributed by atoms with van der Waals surface area (Å²) < 4.78 is 7.47. The van der Waals surface area contributed by atoms with Crippen LogP contribution < -0.4 is 11.3 Å². The van der Waals surface area contributed by atoms with E-state index in [1.165, 1.54) is 0 Å². The molecule has 2 heterocycles. The minimum absolute atomic E-state index is 0.0882. The molecule has 0 radical (unpaired) electrons. The quantitative estimate of drug-likeness (QED) is 0.558. The Balaban J connectivity index is 2.12. The summed E-state index contributed by atoms with van der Waals surface area (Å²) in [4.78, 5) is 4.33. The predicted octanol–water partition coefficient (Wildman–Crippen LogP) is 0.351. The third kappa shape index (κ3) is 2.19. The molecule has 1 fully saturated rings. The lowest BCUT2D eigenvalue weighted by Crippen LogP contribution is -2.38. The molecule has 0 aromatic carbocycles. The second kappa shape index (κ2) is 4.74. The lowest BCUT2D eigenvalue weighted by Gasteiger charge is -2.29. The number of nitrogens with two attached hydrogens (primary N) is 1. The molecular formula is C10H18N4O. The molecule has 1 aliphatic heterocycles. The summed E-state index contributed by atoms with van der Waals surface area (Å²) in [7, 11) is 1.98. The molecule has 5 heteroatoms. The highest BCUT2D eigenvalue weighted by atomic mass is 16.5. The van der Waals surface area contributed by atoms with E-state index >= 15 is 0 Å². The number of rotatable bonds is 3. The Morgan fingerprint density at radius 1 is 1.73 bits per heavy atom. The Morgan fingerprint density at radius 3 is 3.13 bits per heavy atom. The normalized spacial score (nSPS) is 24.0. The van der Waals surface area contributed by atoms with E-state index in [9.17, 15) is 0 Å². The van der Waals surface area contributed by atoms with Gasteiger partial charge in [0, 0.05) is 32.0 Å². The van der Waals surface area contributed by atoms with E-state index in [0.29, 0.717) is 5.92 Å². The molecule has 84 valence electrons. The minimum Gasteiger partial charge on any atom is -0.381 e. The fourth-order valence-corrected chi connectivity index (χ4v) is 2.13. The van der Waals surface area contributed by atoms with Crippen molar-refractivity contribution >= 4 is 0 Å². The Kier molecular flexibility index (Phi) is 3.35. The van der Waals surface area contributed by atoms with Crippen LogP contribution in [0.2, 0.25) is 0 Å². The zero-order chi connectivity index (χ0) is 10.7. The smallest absolute Gasteiger partial charge is 0.127 e. The highest BCUT2D eigenvalue weighted by Gasteiger charge is 2.27. The highest BCUT2D eigenvalue weighted by molar-refractivity contribution is 5.00. The Morgan fingerprint density at radius 2 is 2.60 bits per heavy atom. The van der Waals surface area contributed by atoms with Gasteiger partial charge in [-0.3, -0.25) is 5.84 Å². The van der Waals surface area contributed by atoms with Crippen molar-refractivity contribution in [1.29, 1.82) is 0 Å². The van der Waals surface area contributed by atoms with Gasteiger partial charge in [0.15, 0.2) is 0 Å². The number of nitrogens with zero attached hydrogens (tertiary/aromatic N) is 2. The summed E-state index contributed by atoms with van der Waals surface area (Å²) in [5.74, 6) is 7.01.